The van der Waals surface area contributed by atoms with Crippen LogP contribution in [0, 0.1) is 6.92 Å². The lowest BCUT2D eigenvalue weighted by atomic mass is 9.98. The van der Waals surface area contributed by atoms with Crippen LogP contribution in [0.4, 0.5) is 0 Å². The number of esters is 1. The van der Waals surface area contributed by atoms with Crippen molar-refractivity contribution < 1.29 is 14.6 Å². The van der Waals surface area contributed by atoms with Gasteiger partial charge in [-0.15, -0.1) is 11.3 Å². The lowest BCUT2D eigenvalue weighted by Gasteiger charge is -2.24. The minimum Gasteiger partial charge on any atom is -0.462 e. The molecule has 0 saturated heterocycles. The van der Waals surface area contributed by atoms with Crippen LogP contribution < -0.4 is 10.6 Å². The number of hydrogen-bond donors (Lipinski definition) is 3. The van der Waals surface area contributed by atoms with E-state index in [2.05, 4.69) is 20.6 Å². The van der Waals surface area contributed by atoms with Crippen LogP contribution in [-0.2, 0) is 4.74 Å². The number of nitrogens with zero attached hydrogens (tertiary/aromatic N) is 2. The Bertz CT molecular complexity index is 612. The van der Waals surface area contributed by atoms with Gasteiger partial charge >= 0.3 is 5.97 Å². The minimum absolute atomic E-state index is 0.129. The van der Waals surface area contributed by atoms with Crippen LogP contribution in [0.3, 0.4) is 0 Å². The van der Waals surface area contributed by atoms with Gasteiger partial charge in [-0.3, -0.25) is 4.99 Å². The molecule has 0 radical (unpaired) electrons. The molecule has 1 atom stereocenters. The number of nitrogens with one attached hydrogen (secondary N) is 2. The third-order valence-electron chi connectivity index (χ3n) is 4.19. The monoisotopic (exact) mass is 384 g/mol. The van der Waals surface area contributed by atoms with Crippen LogP contribution >= 0.6 is 11.3 Å². The lowest BCUT2D eigenvalue weighted by Crippen LogP contribution is -2.40. The molecule has 1 aromatic rings. The zero-order chi connectivity index (χ0) is 19.7. The molecule has 7 nitrogen and oxygen atoms in total. The van der Waals surface area contributed by atoms with Crippen LogP contribution in [0.1, 0.15) is 73.9 Å². The average Bonchev–Trinajstić information content (AvgIpc) is 3.02. The van der Waals surface area contributed by atoms with E-state index in [1.54, 1.807) is 13.8 Å². The summed E-state index contributed by atoms with van der Waals surface area (Å²) in [5, 5.41) is 17.7. The molecule has 0 aliphatic heterocycles. The van der Waals surface area contributed by atoms with Crippen molar-refractivity contribution in [1.29, 1.82) is 0 Å². The predicted octanol–water partition coefficient (Wildman–Crippen LogP) is 2.80. The third-order valence-corrected chi connectivity index (χ3v) is 5.51. The van der Waals surface area contributed by atoms with E-state index >= 15 is 0 Å². The van der Waals surface area contributed by atoms with Gasteiger partial charge in [0.25, 0.3) is 0 Å². The number of thiazole rings is 1. The van der Waals surface area contributed by atoms with Gasteiger partial charge in [-0.2, -0.15) is 0 Å². The Morgan fingerprint density at radius 2 is 2.00 bits per heavy atom. The smallest absolute Gasteiger partial charge is 0.350 e. The fourth-order valence-electron chi connectivity index (χ4n) is 2.28. The molecule has 3 N–H and O–H groups in total. The molecule has 148 valence electrons. The number of aromatic nitrogens is 1. The number of guanidine groups is 1. The van der Waals surface area contributed by atoms with Crippen molar-refractivity contribution in [2.45, 2.75) is 66.0 Å². The van der Waals surface area contributed by atoms with Crippen molar-refractivity contribution in [2.75, 3.05) is 19.7 Å². The molecular weight excluding hydrogens is 352 g/mol. The van der Waals surface area contributed by atoms with Gasteiger partial charge in [-0.25, -0.2) is 9.78 Å². The second-order valence-electron chi connectivity index (χ2n) is 6.18. The quantitative estimate of drug-likeness (QED) is 0.344. The molecule has 26 heavy (non-hydrogen) atoms. The summed E-state index contributed by atoms with van der Waals surface area (Å²) in [5.74, 6) is 0.281. The molecule has 1 rings (SSSR count). The molecule has 0 aliphatic carbocycles. The van der Waals surface area contributed by atoms with Crippen LogP contribution in [-0.4, -0.2) is 47.3 Å². The highest BCUT2D eigenvalue weighted by molar-refractivity contribution is 7.13. The van der Waals surface area contributed by atoms with Gasteiger partial charge in [-0.1, -0.05) is 13.8 Å². The molecule has 8 heteroatoms. The van der Waals surface area contributed by atoms with Crippen molar-refractivity contribution >= 4 is 23.3 Å². The fraction of sp³-hybridized carbons (Fsp3) is 0.722. The van der Waals surface area contributed by atoms with Crippen LogP contribution in [0.25, 0.3) is 0 Å². The summed E-state index contributed by atoms with van der Waals surface area (Å²) >= 11 is 1.33. The molecule has 0 aromatic carbocycles. The minimum atomic E-state index is -0.791. The van der Waals surface area contributed by atoms with E-state index in [1.165, 1.54) is 11.3 Å². The van der Waals surface area contributed by atoms with E-state index in [0.29, 0.717) is 49.1 Å². The first-order valence-corrected chi connectivity index (χ1v) is 10.0. The van der Waals surface area contributed by atoms with E-state index in [-0.39, 0.29) is 12.0 Å². The van der Waals surface area contributed by atoms with Crippen molar-refractivity contribution in [2.24, 2.45) is 4.99 Å². The second-order valence-corrected chi connectivity index (χ2v) is 7.21. The third kappa shape index (κ3) is 6.25. The first-order valence-electron chi connectivity index (χ1n) is 9.21. The number of aliphatic imine (C=N–C) groups is 1. The first-order chi connectivity index (χ1) is 12.3. The Morgan fingerprint density at radius 1 is 1.35 bits per heavy atom. The van der Waals surface area contributed by atoms with Crippen LogP contribution in [0.2, 0.25) is 0 Å². The van der Waals surface area contributed by atoms with Gasteiger partial charge < -0.3 is 20.5 Å². The number of aryl methyl sites for hydroxylation is 1. The highest BCUT2D eigenvalue weighted by atomic mass is 32.1. The predicted molar refractivity (Wildman–Crippen MR) is 106 cm³/mol. The largest absolute Gasteiger partial charge is 0.462 e. The molecule has 1 heterocycles. The zero-order valence-electron chi connectivity index (χ0n) is 16.7. The average molecular weight is 385 g/mol. The number of carbonyl (C=O) groups excluding carboxylic acids is 1. The molecule has 0 amide bonds. The van der Waals surface area contributed by atoms with E-state index in [9.17, 15) is 9.90 Å². The lowest BCUT2D eigenvalue weighted by molar-refractivity contribution is 0.0417. The van der Waals surface area contributed by atoms with Crippen LogP contribution in [0.15, 0.2) is 4.99 Å². The second kappa shape index (κ2) is 10.5. The number of ether oxygens (including phenoxy) is 1. The number of carbonyl (C=O) groups is 1. The number of rotatable bonds is 9. The summed E-state index contributed by atoms with van der Waals surface area (Å²) in [5.41, 5.74) is -0.120. The summed E-state index contributed by atoms with van der Waals surface area (Å²) in [4.78, 5) is 21.5. The summed E-state index contributed by atoms with van der Waals surface area (Å²) < 4.78 is 5.07. The Hall–Kier alpha value is -1.67. The molecular formula is C18H32N4O3S. The summed E-state index contributed by atoms with van der Waals surface area (Å²) in [6.45, 7) is 12.8. The van der Waals surface area contributed by atoms with Gasteiger partial charge in [-0.05, 0) is 40.5 Å². The molecule has 1 unspecified atom stereocenters. The summed E-state index contributed by atoms with van der Waals surface area (Å²) in [6, 6.07) is -0.129. The van der Waals surface area contributed by atoms with Crippen LogP contribution in [0.5, 0.6) is 0 Å². The van der Waals surface area contributed by atoms with Crippen molar-refractivity contribution in [3.63, 3.8) is 0 Å². The fourth-order valence-corrected chi connectivity index (χ4v) is 3.24. The van der Waals surface area contributed by atoms with Gasteiger partial charge in [0.05, 0.1) is 30.5 Å². The maximum atomic E-state index is 12.0. The molecule has 0 bridgehead atoms. The molecule has 0 saturated carbocycles. The maximum absolute atomic E-state index is 12.0. The van der Waals surface area contributed by atoms with E-state index in [1.807, 2.05) is 27.7 Å². The Kier molecular flexibility index (Phi) is 9.01. The molecule has 1 aromatic heterocycles. The molecule has 0 spiro atoms. The van der Waals surface area contributed by atoms with Gasteiger partial charge in [0.2, 0.25) is 0 Å². The first kappa shape index (κ1) is 22.4. The van der Waals surface area contributed by atoms with E-state index < -0.39 is 5.60 Å². The Morgan fingerprint density at radius 3 is 2.54 bits per heavy atom. The molecule has 0 fully saturated rings. The zero-order valence-corrected chi connectivity index (χ0v) is 17.5. The molecule has 0 aliphatic rings. The van der Waals surface area contributed by atoms with Gasteiger partial charge in [0.1, 0.15) is 9.88 Å². The van der Waals surface area contributed by atoms with Crippen molar-refractivity contribution in [3.05, 3.63) is 15.6 Å². The topological polar surface area (TPSA) is 95.8 Å². The van der Waals surface area contributed by atoms with Gasteiger partial charge in [0.15, 0.2) is 5.96 Å². The summed E-state index contributed by atoms with van der Waals surface area (Å²) in [6.07, 6.45) is 1.30. The highest BCUT2D eigenvalue weighted by Crippen LogP contribution is 2.24. The summed E-state index contributed by atoms with van der Waals surface area (Å²) in [7, 11) is 0. The standard InChI is InChI=1S/C18H32N4O3S/c1-7-18(24,8-2)11-20-17(19-9-3)22-13(6)15-21-12(5)14(26-15)16(23)25-10-4/h13,24H,7-11H2,1-6H3,(H2,19,20,22). The number of aliphatic hydroxyl groups is 1. The highest BCUT2D eigenvalue weighted by Gasteiger charge is 2.23. The normalized spacial score (nSPS) is 13.4. The maximum Gasteiger partial charge on any atom is 0.350 e. The number of hydrogen-bond acceptors (Lipinski definition) is 6. The van der Waals surface area contributed by atoms with E-state index in [0.717, 1.165) is 5.01 Å². The van der Waals surface area contributed by atoms with E-state index in [4.69, 9.17) is 4.74 Å². The van der Waals surface area contributed by atoms with Gasteiger partial charge in [0, 0.05) is 6.54 Å². The van der Waals surface area contributed by atoms with Crippen molar-refractivity contribution in [3.8, 4) is 0 Å². The Labute approximate surface area is 160 Å². The van der Waals surface area contributed by atoms with Crippen molar-refractivity contribution in [1.82, 2.24) is 15.6 Å². The SMILES string of the molecule is CCNC(=NCC(O)(CC)CC)NC(C)c1nc(C)c(C(=O)OCC)s1. The Balaban J connectivity index is 2.89.